The number of carbonyl (C=O) groups excluding carboxylic acids is 1. The normalized spacial score (nSPS) is 18.6. The second kappa shape index (κ2) is 8.47. The Balaban J connectivity index is 1.62. The molecule has 0 radical (unpaired) electrons. The summed E-state index contributed by atoms with van der Waals surface area (Å²) in [6.45, 7) is 7.13. The van der Waals surface area contributed by atoms with Crippen LogP contribution < -0.4 is 0 Å². The van der Waals surface area contributed by atoms with Crippen LogP contribution in [0.15, 0.2) is 34.5 Å². The number of likely N-dealkylation sites (tertiary alicyclic amines) is 1. The number of aromatic nitrogens is 1. The number of nitrogens with zero attached hydrogens (tertiary/aromatic N) is 2. The summed E-state index contributed by atoms with van der Waals surface area (Å²) in [5, 5.41) is 3.33. The van der Waals surface area contributed by atoms with Gasteiger partial charge in [-0.2, -0.15) is 0 Å². The molecule has 1 aromatic carbocycles. The predicted molar refractivity (Wildman–Crippen MR) is 107 cm³/mol. The van der Waals surface area contributed by atoms with Crippen LogP contribution in [-0.2, 0) is 6.54 Å². The number of hydrogen-bond donors (Lipinski definition) is 0. The molecule has 0 bridgehead atoms. The zero-order valence-corrected chi connectivity index (χ0v) is 16.8. The lowest BCUT2D eigenvalue weighted by molar-refractivity contribution is 0.0811. The third-order valence-corrected chi connectivity index (χ3v) is 6.37. The highest BCUT2D eigenvalue weighted by Gasteiger charge is 2.27. The van der Waals surface area contributed by atoms with Gasteiger partial charge >= 0.3 is 0 Å². The van der Waals surface area contributed by atoms with Gasteiger partial charge in [-0.1, -0.05) is 26.0 Å². The first-order valence-electron chi connectivity index (χ1n) is 8.91. The van der Waals surface area contributed by atoms with Crippen LogP contribution in [0.1, 0.15) is 53.7 Å². The molecule has 0 amide bonds. The summed E-state index contributed by atoms with van der Waals surface area (Å²) >= 11 is 3.45. The highest BCUT2D eigenvalue weighted by molar-refractivity contribution is 7.98. The molecule has 5 heteroatoms. The number of benzene rings is 1. The van der Waals surface area contributed by atoms with Crippen molar-refractivity contribution in [2.45, 2.75) is 44.0 Å². The van der Waals surface area contributed by atoms with Crippen molar-refractivity contribution in [3.8, 4) is 0 Å². The monoisotopic (exact) mass is 374 g/mol. The van der Waals surface area contributed by atoms with E-state index in [4.69, 9.17) is 4.98 Å². The smallest absolute Gasteiger partial charge is 0.167 e. The van der Waals surface area contributed by atoms with Crippen LogP contribution in [0, 0.1) is 5.92 Å². The minimum atomic E-state index is 0.110. The number of piperidine rings is 1. The van der Waals surface area contributed by atoms with E-state index in [2.05, 4.69) is 30.4 Å². The van der Waals surface area contributed by atoms with Gasteiger partial charge in [-0.25, -0.2) is 4.98 Å². The number of hydrogen-bond acceptors (Lipinski definition) is 5. The van der Waals surface area contributed by atoms with Crippen molar-refractivity contribution in [1.82, 2.24) is 9.88 Å². The molecule has 3 nitrogen and oxygen atoms in total. The first-order valence-corrected chi connectivity index (χ1v) is 11.0. The van der Waals surface area contributed by atoms with Gasteiger partial charge in [0.1, 0.15) is 5.01 Å². The SMILES string of the molecule is CSc1ccc(C(=O)C2CCCN(Cc3nc(C(C)C)cs3)C2)cc1. The Bertz CT molecular complexity index is 709. The molecule has 0 saturated carbocycles. The van der Waals surface area contributed by atoms with E-state index >= 15 is 0 Å². The zero-order chi connectivity index (χ0) is 17.8. The number of Topliss-reactive ketones (excluding diaryl/α,β-unsaturated/α-hetero) is 1. The van der Waals surface area contributed by atoms with Gasteiger partial charge < -0.3 is 0 Å². The van der Waals surface area contributed by atoms with E-state index < -0.39 is 0 Å². The standard InChI is InChI=1S/C20H26N2OS2/c1-14(2)18-13-25-19(21-18)12-22-10-4-5-16(11-22)20(23)15-6-8-17(24-3)9-7-15/h6-9,13-14,16H,4-5,10-12H2,1-3H3. The molecule has 1 atom stereocenters. The quantitative estimate of drug-likeness (QED) is 0.521. The van der Waals surface area contributed by atoms with E-state index in [0.29, 0.717) is 11.7 Å². The Morgan fingerprint density at radius 2 is 2.12 bits per heavy atom. The number of thiazole rings is 1. The van der Waals surface area contributed by atoms with Gasteiger partial charge in [0.05, 0.1) is 12.2 Å². The molecular weight excluding hydrogens is 348 g/mol. The Labute approximate surface area is 158 Å². The van der Waals surface area contributed by atoms with Crippen LogP contribution in [0.5, 0.6) is 0 Å². The average Bonchev–Trinajstić information content (AvgIpc) is 3.10. The number of ketones is 1. The van der Waals surface area contributed by atoms with Crippen LogP contribution in [-0.4, -0.2) is 35.0 Å². The van der Waals surface area contributed by atoms with Crippen LogP contribution in [0.25, 0.3) is 0 Å². The molecule has 3 rings (SSSR count). The van der Waals surface area contributed by atoms with Crippen LogP contribution in [0.4, 0.5) is 0 Å². The Hall–Kier alpha value is -1.17. The molecular formula is C20H26N2OS2. The van der Waals surface area contributed by atoms with Crippen molar-refractivity contribution < 1.29 is 4.79 Å². The van der Waals surface area contributed by atoms with Gasteiger partial charge in [0.25, 0.3) is 0 Å². The summed E-state index contributed by atoms with van der Waals surface area (Å²) < 4.78 is 0. The van der Waals surface area contributed by atoms with Crippen molar-refractivity contribution in [3.63, 3.8) is 0 Å². The molecule has 0 N–H and O–H groups in total. The summed E-state index contributed by atoms with van der Waals surface area (Å²) in [5.41, 5.74) is 2.03. The lowest BCUT2D eigenvalue weighted by atomic mass is 9.90. The first-order chi connectivity index (χ1) is 12.1. The molecule has 2 heterocycles. The Morgan fingerprint density at radius 1 is 1.36 bits per heavy atom. The van der Waals surface area contributed by atoms with E-state index in [0.717, 1.165) is 38.0 Å². The molecule has 1 saturated heterocycles. The van der Waals surface area contributed by atoms with Crippen molar-refractivity contribution in [3.05, 3.63) is 45.9 Å². The van der Waals surface area contributed by atoms with Crippen LogP contribution in [0.3, 0.4) is 0 Å². The fourth-order valence-corrected chi connectivity index (χ4v) is 4.66. The fraction of sp³-hybridized carbons (Fsp3) is 0.500. The Morgan fingerprint density at radius 3 is 2.76 bits per heavy atom. The summed E-state index contributed by atoms with van der Waals surface area (Å²) in [6.07, 6.45) is 4.13. The van der Waals surface area contributed by atoms with E-state index in [1.807, 2.05) is 24.3 Å². The zero-order valence-electron chi connectivity index (χ0n) is 15.2. The van der Waals surface area contributed by atoms with Gasteiger partial charge in [0.2, 0.25) is 0 Å². The molecule has 0 aliphatic carbocycles. The third-order valence-electron chi connectivity index (χ3n) is 4.77. The molecule has 25 heavy (non-hydrogen) atoms. The summed E-state index contributed by atoms with van der Waals surface area (Å²) in [4.78, 5) is 21.2. The lowest BCUT2D eigenvalue weighted by Gasteiger charge is -2.31. The molecule has 0 spiro atoms. The number of rotatable bonds is 6. The minimum Gasteiger partial charge on any atom is -0.296 e. The van der Waals surface area contributed by atoms with Crippen LogP contribution >= 0.6 is 23.1 Å². The Kier molecular flexibility index (Phi) is 6.31. The van der Waals surface area contributed by atoms with E-state index in [1.165, 1.54) is 15.6 Å². The highest BCUT2D eigenvalue weighted by atomic mass is 32.2. The molecule has 134 valence electrons. The number of carbonyl (C=O) groups is 1. The molecule has 1 aliphatic heterocycles. The largest absolute Gasteiger partial charge is 0.296 e. The maximum absolute atomic E-state index is 12.8. The van der Waals surface area contributed by atoms with Crippen molar-refractivity contribution in [2.75, 3.05) is 19.3 Å². The molecule has 1 unspecified atom stereocenters. The van der Waals surface area contributed by atoms with Gasteiger partial charge in [-0.3, -0.25) is 9.69 Å². The van der Waals surface area contributed by atoms with Crippen LogP contribution in [0.2, 0.25) is 0 Å². The minimum absolute atomic E-state index is 0.110. The van der Waals surface area contributed by atoms with Gasteiger partial charge in [0, 0.05) is 28.3 Å². The lowest BCUT2D eigenvalue weighted by Crippen LogP contribution is -2.38. The van der Waals surface area contributed by atoms with Crippen molar-refractivity contribution >= 4 is 28.9 Å². The fourth-order valence-electron chi connectivity index (χ4n) is 3.26. The van der Waals surface area contributed by atoms with Crippen molar-refractivity contribution in [1.29, 1.82) is 0 Å². The van der Waals surface area contributed by atoms with Gasteiger partial charge in [-0.15, -0.1) is 23.1 Å². The summed E-state index contributed by atoms with van der Waals surface area (Å²) in [5.74, 6) is 0.878. The summed E-state index contributed by atoms with van der Waals surface area (Å²) in [6, 6.07) is 8.04. The molecule has 1 fully saturated rings. The second-order valence-electron chi connectivity index (χ2n) is 6.99. The van der Waals surface area contributed by atoms with E-state index in [1.54, 1.807) is 23.1 Å². The van der Waals surface area contributed by atoms with Crippen molar-refractivity contribution in [2.24, 2.45) is 5.92 Å². The summed E-state index contributed by atoms with van der Waals surface area (Å²) in [7, 11) is 0. The number of thioether (sulfide) groups is 1. The maximum atomic E-state index is 12.8. The highest BCUT2D eigenvalue weighted by Crippen LogP contribution is 2.25. The maximum Gasteiger partial charge on any atom is 0.167 e. The topological polar surface area (TPSA) is 33.2 Å². The average molecular weight is 375 g/mol. The molecule has 2 aromatic rings. The first kappa shape index (κ1) is 18.6. The van der Waals surface area contributed by atoms with E-state index in [9.17, 15) is 4.79 Å². The predicted octanol–water partition coefficient (Wildman–Crippen LogP) is 5.08. The molecule has 1 aromatic heterocycles. The van der Waals surface area contributed by atoms with E-state index in [-0.39, 0.29) is 5.92 Å². The third kappa shape index (κ3) is 4.72. The van der Waals surface area contributed by atoms with Gasteiger partial charge in [-0.05, 0) is 43.7 Å². The molecule has 1 aliphatic rings. The van der Waals surface area contributed by atoms with Gasteiger partial charge in [0.15, 0.2) is 5.78 Å². The second-order valence-corrected chi connectivity index (χ2v) is 8.81.